The lowest BCUT2D eigenvalue weighted by Gasteiger charge is -2.00. The van der Waals surface area contributed by atoms with Crippen LogP contribution in [-0.4, -0.2) is 11.2 Å². The van der Waals surface area contributed by atoms with Crippen LogP contribution in [-0.2, 0) is 0 Å². The normalized spacial score (nSPS) is 10.4. The predicted octanol–water partition coefficient (Wildman–Crippen LogP) is 2.76. The molecule has 2 aromatic rings. The topological polar surface area (TPSA) is 12.9 Å². The largest absolute Gasteiger partial charge is 0.253 e. The number of benzene rings is 1. The number of rotatable bonds is 1. The highest BCUT2D eigenvalue weighted by Gasteiger charge is 1.98. The predicted molar refractivity (Wildman–Crippen MR) is 52.4 cm³/mol. The van der Waals surface area contributed by atoms with Crippen molar-refractivity contribution in [3.8, 4) is 0 Å². The van der Waals surface area contributed by atoms with Crippen LogP contribution in [0.2, 0.25) is 0 Å². The minimum Gasteiger partial charge on any atom is -0.253 e. The average molecular weight is 174 g/mol. The Balaban J connectivity index is 2.79. The fourth-order valence-corrected chi connectivity index (χ4v) is 1.74. The molecule has 0 saturated carbocycles. The van der Waals surface area contributed by atoms with Gasteiger partial charge < -0.3 is 0 Å². The molecule has 1 aromatic carbocycles. The van der Waals surface area contributed by atoms with Gasteiger partial charge in [-0.2, -0.15) is 0 Å². The van der Waals surface area contributed by atoms with Gasteiger partial charge in [-0.25, -0.2) is 0 Å². The molecule has 0 fully saturated rings. The van der Waals surface area contributed by atoms with Crippen LogP contribution in [0.3, 0.4) is 0 Å². The van der Waals surface area contributed by atoms with Crippen LogP contribution < -0.4 is 0 Å². The van der Waals surface area contributed by atoms with Crippen LogP contribution in [0.15, 0.2) is 35.4 Å². The molecular weight excluding hydrogens is 166 g/mol. The second-order valence-corrected chi connectivity index (χ2v) is 3.31. The zero-order chi connectivity index (χ0) is 8.39. The number of pyridine rings is 1. The minimum absolute atomic E-state index is 1.12. The molecule has 2 heteroatoms. The summed E-state index contributed by atoms with van der Waals surface area (Å²) in [6.45, 7) is 0. The lowest BCUT2D eigenvalue weighted by atomic mass is 10.2. The Morgan fingerprint density at radius 2 is 2.17 bits per heavy atom. The third-order valence-corrected chi connectivity index (χ3v) is 2.50. The van der Waals surface area contributed by atoms with Crippen LogP contribution in [0.4, 0.5) is 0 Å². The Hall–Kier alpha value is -1.02. The van der Waals surface area contributed by atoms with Gasteiger partial charge in [0.15, 0.2) is 0 Å². The van der Waals surface area contributed by atoms with Crippen molar-refractivity contribution in [1.82, 2.24) is 4.98 Å². The molecule has 0 saturated heterocycles. The van der Waals surface area contributed by atoms with E-state index < -0.39 is 0 Å². The summed E-state index contributed by atoms with van der Waals surface area (Å²) in [4.78, 5) is 5.16. The molecule has 0 aliphatic heterocycles. The minimum atomic E-state index is 1.12. The summed E-state index contributed by atoms with van der Waals surface area (Å²) in [5, 5.41) is 2.42. The van der Waals surface area contributed by atoms with Crippen LogP contribution in [0, 0.1) is 6.20 Å². The lowest BCUT2D eigenvalue weighted by Crippen LogP contribution is -1.79. The van der Waals surface area contributed by atoms with E-state index in [4.69, 9.17) is 0 Å². The Kier molecular flexibility index (Phi) is 2.00. The monoisotopic (exact) mass is 174 g/mol. The maximum atomic E-state index is 4.04. The van der Waals surface area contributed by atoms with E-state index in [9.17, 15) is 0 Å². The van der Waals surface area contributed by atoms with Crippen molar-refractivity contribution < 1.29 is 0 Å². The highest BCUT2D eigenvalue weighted by Crippen LogP contribution is 2.23. The van der Waals surface area contributed by atoms with E-state index in [2.05, 4.69) is 23.3 Å². The van der Waals surface area contributed by atoms with Crippen molar-refractivity contribution in [2.75, 3.05) is 6.26 Å². The molecule has 1 nitrogen and oxygen atoms in total. The Labute approximate surface area is 75.8 Å². The highest BCUT2D eigenvalue weighted by atomic mass is 32.2. The summed E-state index contributed by atoms with van der Waals surface area (Å²) in [5.74, 6) is 0. The van der Waals surface area contributed by atoms with Gasteiger partial charge in [-0.05, 0) is 11.6 Å². The average Bonchev–Trinajstić information content (AvgIpc) is 2.17. The second kappa shape index (κ2) is 3.15. The van der Waals surface area contributed by atoms with Crippen molar-refractivity contribution in [3.05, 3.63) is 36.7 Å². The maximum Gasteiger partial charge on any atom is 0.104 e. The summed E-state index contributed by atoms with van der Waals surface area (Å²) in [6.07, 6.45) is 6.86. The second-order valence-electron chi connectivity index (χ2n) is 2.49. The quantitative estimate of drug-likeness (QED) is 0.616. The SMILES string of the molecule is CSc1[c]ncc2ccccc12. The summed E-state index contributed by atoms with van der Waals surface area (Å²) in [7, 11) is 0. The highest BCUT2D eigenvalue weighted by molar-refractivity contribution is 7.98. The number of nitrogens with zero attached hydrogens (tertiary/aromatic N) is 1. The van der Waals surface area contributed by atoms with Crippen LogP contribution >= 0.6 is 11.8 Å². The van der Waals surface area contributed by atoms with E-state index in [1.165, 1.54) is 10.8 Å². The molecule has 0 aliphatic carbocycles. The first-order valence-corrected chi connectivity index (χ1v) is 4.93. The van der Waals surface area contributed by atoms with Crippen molar-refractivity contribution in [1.29, 1.82) is 0 Å². The fourth-order valence-electron chi connectivity index (χ4n) is 1.19. The molecule has 1 aromatic heterocycles. The van der Waals surface area contributed by atoms with Crippen LogP contribution in [0.5, 0.6) is 0 Å². The van der Waals surface area contributed by atoms with Gasteiger partial charge in [0.25, 0.3) is 0 Å². The number of hydrogen-bond donors (Lipinski definition) is 0. The summed E-state index contributed by atoms with van der Waals surface area (Å²) < 4.78 is 0. The molecule has 0 spiro atoms. The zero-order valence-corrected chi connectivity index (χ0v) is 7.56. The molecule has 1 radical (unpaired) electrons. The molecule has 2 rings (SSSR count). The summed E-state index contributed by atoms with van der Waals surface area (Å²) in [5.41, 5.74) is 0. The molecule has 0 atom stereocenters. The first-order chi connectivity index (χ1) is 5.92. The summed E-state index contributed by atoms with van der Waals surface area (Å²) in [6, 6.07) is 8.22. The number of thioether (sulfide) groups is 1. The number of fused-ring (bicyclic) bond motifs is 1. The van der Waals surface area contributed by atoms with Gasteiger partial charge in [-0.1, -0.05) is 24.3 Å². The Morgan fingerprint density at radius 1 is 1.33 bits per heavy atom. The number of aromatic nitrogens is 1. The zero-order valence-electron chi connectivity index (χ0n) is 6.74. The van der Waals surface area contributed by atoms with E-state index in [1.807, 2.05) is 24.6 Å². The van der Waals surface area contributed by atoms with Crippen LogP contribution in [0.25, 0.3) is 10.8 Å². The molecule has 0 unspecified atom stereocenters. The first-order valence-electron chi connectivity index (χ1n) is 3.71. The van der Waals surface area contributed by atoms with Gasteiger partial charge in [0.2, 0.25) is 0 Å². The van der Waals surface area contributed by atoms with Crippen molar-refractivity contribution in [2.45, 2.75) is 4.90 Å². The van der Waals surface area contributed by atoms with Gasteiger partial charge >= 0.3 is 0 Å². The Morgan fingerprint density at radius 3 is 3.00 bits per heavy atom. The first kappa shape index (κ1) is 7.62. The van der Waals surface area contributed by atoms with E-state index in [1.54, 1.807) is 11.8 Å². The molecule has 59 valence electrons. The molecule has 0 bridgehead atoms. The van der Waals surface area contributed by atoms with Crippen molar-refractivity contribution >= 4 is 22.5 Å². The van der Waals surface area contributed by atoms with Crippen molar-refractivity contribution in [2.24, 2.45) is 0 Å². The fraction of sp³-hybridized carbons (Fsp3) is 0.100. The molecule has 0 amide bonds. The molecular formula is C10H8NS. The molecule has 0 aliphatic rings. The lowest BCUT2D eigenvalue weighted by molar-refractivity contribution is 1.27. The third-order valence-electron chi connectivity index (χ3n) is 1.78. The van der Waals surface area contributed by atoms with Gasteiger partial charge in [0.1, 0.15) is 6.20 Å². The van der Waals surface area contributed by atoms with Gasteiger partial charge in [-0.3, -0.25) is 4.98 Å². The van der Waals surface area contributed by atoms with E-state index in [-0.39, 0.29) is 0 Å². The van der Waals surface area contributed by atoms with Crippen LogP contribution in [0.1, 0.15) is 0 Å². The Bertz CT molecular complexity index is 392. The van der Waals surface area contributed by atoms with Gasteiger partial charge in [0.05, 0.1) is 0 Å². The van der Waals surface area contributed by atoms with Gasteiger partial charge in [-0.15, -0.1) is 11.8 Å². The van der Waals surface area contributed by atoms with Gasteiger partial charge in [0, 0.05) is 16.5 Å². The third kappa shape index (κ3) is 1.18. The molecule has 12 heavy (non-hydrogen) atoms. The summed E-state index contributed by atoms with van der Waals surface area (Å²) >= 11 is 1.68. The van der Waals surface area contributed by atoms with E-state index in [0.29, 0.717) is 0 Å². The van der Waals surface area contributed by atoms with E-state index >= 15 is 0 Å². The maximum absolute atomic E-state index is 4.04. The molecule has 1 heterocycles. The number of hydrogen-bond acceptors (Lipinski definition) is 2. The van der Waals surface area contributed by atoms with Crippen molar-refractivity contribution in [3.63, 3.8) is 0 Å². The van der Waals surface area contributed by atoms with E-state index in [0.717, 1.165) is 4.90 Å². The molecule has 0 N–H and O–H groups in total. The smallest absolute Gasteiger partial charge is 0.104 e. The standard InChI is InChI=1S/C10H8NS/c1-12-10-7-11-6-8-4-2-3-5-9(8)10/h2-6H,1H3.